The van der Waals surface area contributed by atoms with E-state index in [1.165, 1.54) is 25.3 Å². The second-order valence-electron chi connectivity index (χ2n) is 2.31. The molecule has 1 rings (SSSR count). The largest absolute Gasteiger partial charge is 0.311 e. The normalized spacial score (nSPS) is 9.31. The van der Waals surface area contributed by atoms with Crippen molar-refractivity contribution in [1.29, 1.82) is 0 Å². The van der Waals surface area contributed by atoms with Crippen molar-refractivity contribution in [3.8, 4) is 0 Å². The summed E-state index contributed by atoms with van der Waals surface area (Å²) >= 11 is 0. The highest BCUT2D eigenvalue weighted by Crippen LogP contribution is 2.19. The second-order valence-corrected chi connectivity index (χ2v) is 2.31. The van der Waals surface area contributed by atoms with E-state index in [4.69, 9.17) is 0 Å². The van der Waals surface area contributed by atoms with E-state index in [-0.39, 0.29) is 17.4 Å². The highest BCUT2D eigenvalue weighted by Gasteiger charge is 2.14. The summed E-state index contributed by atoms with van der Waals surface area (Å²) < 4.78 is 0. The monoisotopic (exact) mass is 181 g/mol. The maximum absolute atomic E-state index is 10.6. The first-order chi connectivity index (χ1) is 6.11. The van der Waals surface area contributed by atoms with Crippen LogP contribution < -0.4 is 5.32 Å². The molecule has 1 aromatic heterocycles. The van der Waals surface area contributed by atoms with E-state index in [9.17, 15) is 14.9 Å². The zero-order valence-electron chi connectivity index (χ0n) is 6.85. The van der Waals surface area contributed by atoms with Crippen LogP contribution in [0.2, 0.25) is 0 Å². The van der Waals surface area contributed by atoms with Gasteiger partial charge < -0.3 is 5.32 Å². The van der Waals surface area contributed by atoms with Gasteiger partial charge >= 0.3 is 5.69 Å². The summed E-state index contributed by atoms with van der Waals surface area (Å²) in [7, 11) is 0. The van der Waals surface area contributed by atoms with E-state index in [0.29, 0.717) is 0 Å². The van der Waals surface area contributed by atoms with Gasteiger partial charge in [0.1, 0.15) is 0 Å². The molecule has 1 aromatic rings. The van der Waals surface area contributed by atoms with E-state index in [2.05, 4.69) is 10.3 Å². The average molecular weight is 181 g/mol. The third-order valence-corrected chi connectivity index (χ3v) is 1.28. The number of hydrogen-bond acceptors (Lipinski definition) is 4. The summed E-state index contributed by atoms with van der Waals surface area (Å²) in [4.78, 5) is 24.1. The summed E-state index contributed by atoms with van der Waals surface area (Å²) in [5.41, 5.74) is -0.210. The van der Waals surface area contributed by atoms with Gasteiger partial charge in [0.15, 0.2) is 0 Å². The zero-order valence-corrected chi connectivity index (χ0v) is 6.85. The Morgan fingerprint density at radius 3 is 2.92 bits per heavy atom. The summed E-state index contributed by atoms with van der Waals surface area (Å²) in [6.07, 6.45) is 1.37. The minimum atomic E-state index is -0.599. The fraction of sp³-hybridized carbons (Fsp3) is 0.143. The van der Waals surface area contributed by atoms with Crippen molar-refractivity contribution in [1.82, 2.24) is 4.98 Å². The molecule has 0 saturated heterocycles. The smallest absolute Gasteiger partial charge is 0.305 e. The summed E-state index contributed by atoms with van der Waals surface area (Å²) in [5, 5.41) is 12.7. The van der Waals surface area contributed by atoms with Crippen LogP contribution in [0, 0.1) is 10.1 Å². The number of amides is 1. The molecule has 1 heterocycles. The van der Waals surface area contributed by atoms with Crippen LogP contribution in [-0.4, -0.2) is 15.8 Å². The Kier molecular flexibility index (Phi) is 2.53. The average Bonchev–Trinajstić information content (AvgIpc) is 2.03. The molecule has 0 bridgehead atoms. The lowest BCUT2D eigenvalue weighted by Gasteiger charge is -2.00. The predicted octanol–water partition coefficient (Wildman–Crippen LogP) is 0.948. The van der Waals surface area contributed by atoms with Gasteiger partial charge in [0, 0.05) is 19.2 Å². The molecule has 1 N–H and O–H groups in total. The molecular weight excluding hydrogens is 174 g/mol. The van der Waals surface area contributed by atoms with E-state index >= 15 is 0 Å². The molecule has 13 heavy (non-hydrogen) atoms. The maximum atomic E-state index is 10.6. The molecule has 0 aliphatic rings. The molecule has 1 amide bonds. The van der Waals surface area contributed by atoms with Crippen molar-refractivity contribution in [2.24, 2.45) is 0 Å². The number of anilines is 1. The molecular formula is C7H7N3O3. The number of aromatic nitrogens is 1. The van der Waals surface area contributed by atoms with Gasteiger partial charge in [-0.3, -0.25) is 14.9 Å². The number of nitro groups is 1. The van der Waals surface area contributed by atoms with Crippen molar-refractivity contribution < 1.29 is 9.72 Å². The van der Waals surface area contributed by atoms with Gasteiger partial charge in [-0.2, -0.15) is 0 Å². The number of rotatable bonds is 2. The molecule has 0 unspecified atom stereocenters. The molecule has 0 atom stereocenters. The Balaban J connectivity index is 3.04. The molecule has 0 aromatic carbocycles. The minimum absolute atomic E-state index is 0.0278. The van der Waals surface area contributed by atoms with Crippen LogP contribution in [0.5, 0.6) is 0 Å². The Hall–Kier alpha value is -1.98. The third-order valence-electron chi connectivity index (χ3n) is 1.28. The fourth-order valence-corrected chi connectivity index (χ4v) is 0.807. The standard InChI is InChI=1S/C7H7N3O3/c1-5(11)9-7-6(10(12)13)3-2-4-8-7/h2-4H,1H3,(H,8,9,11). The van der Waals surface area contributed by atoms with Crippen LogP contribution in [0.4, 0.5) is 11.5 Å². The van der Waals surface area contributed by atoms with Crippen LogP contribution in [-0.2, 0) is 4.79 Å². The highest BCUT2D eigenvalue weighted by molar-refractivity contribution is 5.89. The summed E-state index contributed by atoms with van der Waals surface area (Å²) in [6, 6.07) is 2.71. The minimum Gasteiger partial charge on any atom is -0.305 e. The number of hydrogen-bond donors (Lipinski definition) is 1. The zero-order chi connectivity index (χ0) is 9.84. The van der Waals surface area contributed by atoms with Gasteiger partial charge in [-0.25, -0.2) is 4.98 Å². The fourth-order valence-electron chi connectivity index (χ4n) is 0.807. The summed E-state index contributed by atoms with van der Waals surface area (Å²) in [6.45, 7) is 1.26. The van der Waals surface area contributed by atoms with E-state index in [1.807, 2.05) is 0 Å². The van der Waals surface area contributed by atoms with Crippen LogP contribution in [0.1, 0.15) is 6.92 Å². The Morgan fingerprint density at radius 2 is 2.38 bits per heavy atom. The van der Waals surface area contributed by atoms with Crippen LogP contribution in [0.3, 0.4) is 0 Å². The van der Waals surface area contributed by atoms with Crippen LogP contribution >= 0.6 is 0 Å². The Morgan fingerprint density at radius 1 is 1.69 bits per heavy atom. The first kappa shape index (κ1) is 9.11. The van der Waals surface area contributed by atoms with Crippen molar-refractivity contribution in [2.45, 2.75) is 6.92 Å². The molecule has 0 radical (unpaired) electrons. The molecule has 0 saturated carbocycles. The second kappa shape index (κ2) is 3.61. The molecule has 6 heteroatoms. The van der Waals surface area contributed by atoms with Gasteiger partial charge in [-0.1, -0.05) is 0 Å². The van der Waals surface area contributed by atoms with Gasteiger partial charge in [0.25, 0.3) is 0 Å². The molecule has 6 nitrogen and oxygen atoms in total. The topological polar surface area (TPSA) is 85.1 Å². The first-order valence-corrected chi connectivity index (χ1v) is 3.48. The van der Waals surface area contributed by atoms with Crippen LogP contribution in [0.15, 0.2) is 18.3 Å². The van der Waals surface area contributed by atoms with Gasteiger partial charge in [0.2, 0.25) is 11.7 Å². The first-order valence-electron chi connectivity index (χ1n) is 3.48. The molecule has 68 valence electrons. The lowest BCUT2D eigenvalue weighted by molar-refractivity contribution is -0.384. The Bertz CT molecular complexity index is 351. The molecule has 0 spiro atoms. The number of carbonyl (C=O) groups is 1. The molecule has 0 aliphatic carbocycles. The predicted molar refractivity (Wildman–Crippen MR) is 45.2 cm³/mol. The lowest BCUT2D eigenvalue weighted by atomic mass is 10.4. The van der Waals surface area contributed by atoms with Crippen molar-refractivity contribution >= 4 is 17.4 Å². The van der Waals surface area contributed by atoms with E-state index in [1.54, 1.807) is 0 Å². The SMILES string of the molecule is CC(=O)Nc1ncccc1[N+](=O)[O-]. The quantitative estimate of drug-likeness (QED) is 0.543. The maximum Gasteiger partial charge on any atom is 0.311 e. The van der Waals surface area contributed by atoms with Crippen molar-refractivity contribution in [3.63, 3.8) is 0 Å². The van der Waals surface area contributed by atoms with Crippen molar-refractivity contribution in [3.05, 3.63) is 28.4 Å². The van der Waals surface area contributed by atoms with Crippen LogP contribution in [0.25, 0.3) is 0 Å². The number of carbonyl (C=O) groups excluding carboxylic acids is 1. The van der Waals surface area contributed by atoms with Crippen molar-refractivity contribution in [2.75, 3.05) is 5.32 Å². The highest BCUT2D eigenvalue weighted by atomic mass is 16.6. The Labute approximate surface area is 73.7 Å². The summed E-state index contributed by atoms with van der Waals surface area (Å²) in [5.74, 6) is -0.415. The van der Waals surface area contributed by atoms with E-state index in [0.717, 1.165) is 0 Å². The van der Waals surface area contributed by atoms with Gasteiger partial charge in [-0.05, 0) is 6.07 Å². The molecule has 0 fully saturated rings. The van der Waals surface area contributed by atoms with Gasteiger partial charge in [-0.15, -0.1) is 0 Å². The van der Waals surface area contributed by atoms with E-state index < -0.39 is 4.92 Å². The third kappa shape index (κ3) is 2.22. The number of nitrogens with zero attached hydrogens (tertiary/aromatic N) is 2. The number of pyridine rings is 1. The van der Waals surface area contributed by atoms with Gasteiger partial charge in [0.05, 0.1) is 4.92 Å². The number of nitrogens with one attached hydrogen (secondary N) is 1. The molecule has 0 aliphatic heterocycles. The lowest BCUT2D eigenvalue weighted by Crippen LogP contribution is -2.09.